The number of carbonyl (C=O) groups excluding carboxylic acids is 1. The first-order chi connectivity index (χ1) is 13.7. The number of aliphatic hydroxyl groups is 1. The molecular weight excluding hydrogens is 356 g/mol. The van der Waals surface area contributed by atoms with Crippen LogP contribution >= 0.6 is 0 Å². The first-order valence-electron chi connectivity index (χ1n) is 9.14. The number of fused-ring (bicyclic) bond motifs is 1. The summed E-state index contributed by atoms with van der Waals surface area (Å²) in [5, 5.41) is 19.0. The van der Waals surface area contributed by atoms with Crippen molar-refractivity contribution in [3.63, 3.8) is 0 Å². The molecule has 1 aromatic carbocycles. The summed E-state index contributed by atoms with van der Waals surface area (Å²) in [5.74, 6) is -0.565. The minimum absolute atomic E-state index is 0.0993. The van der Waals surface area contributed by atoms with Gasteiger partial charge >= 0.3 is 0 Å². The average molecular weight is 380 g/mol. The zero-order chi connectivity index (χ0) is 19.8. The molecule has 0 aliphatic heterocycles. The number of amides is 1. The van der Waals surface area contributed by atoms with Crippen LogP contribution in [0, 0.1) is 0 Å². The number of H-pyrrole nitrogens is 1. The number of benzene rings is 1. The van der Waals surface area contributed by atoms with E-state index in [9.17, 15) is 9.90 Å². The molecule has 7 heteroatoms. The third-order valence-electron chi connectivity index (χ3n) is 4.58. The van der Waals surface area contributed by atoms with Crippen LogP contribution in [0.25, 0.3) is 17.0 Å². The van der Waals surface area contributed by atoms with E-state index in [4.69, 9.17) is 5.21 Å². The molecule has 4 N–H and O–H groups in total. The molecule has 0 aliphatic rings. The summed E-state index contributed by atoms with van der Waals surface area (Å²) in [6.07, 6.45) is 9.39. The Hall–Kier alpha value is -3.00. The quantitative estimate of drug-likeness (QED) is 0.259. The summed E-state index contributed by atoms with van der Waals surface area (Å²) in [4.78, 5) is 20.8. The molecule has 7 nitrogen and oxygen atoms in total. The van der Waals surface area contributed by atoms with E-state index in [1.165, 1.54) is 6.08 Å². The second-order valence-corrected chi connectivity index (χ2v) is 6.54. The van der Waals surface area contributed by atoms with Crippen LogP contribution in [0.15, 0.2) is 55.0 Å². The van der Waals surface area contributed by atoms with Gasteiger partial charge in [-0.3, -0.25) is 19.9 Å². The molecule has 28 heavy (non-hydrogen) atoms. The second kappa shape index (κ2) is 9.80. The fourth-order valence-corrected chi connectivity index (χ4v) is 3.12. The Morgan fingerprint density at radius 3 is 2.75 bits per heavy atom. The van der Waals surface area contributed by atoms with Crippen molar-refractivity contribution in [1.29, 1.82) is 0 Å². The van der Waals surface area contributed by atoms with Gasteiger partial charge in [0.15, 0.2) is 0 Å². The minimum Gasteiger partial charge on any atom is -0.395 e. The normalized spacial score (nSPS) is 11.5. The van der Waals surface area contributed by atoms with Gasteiger partial charge in [0.2, 0.25) is 0 Å². The van der Waals surface area contributed by atoms with Gasteiger partial charge in [-0.15, -0.1) is 0 Å². The van der Waals surface area contributed by atoms with Gasteiger partial charge in [-0.1, -0.05) is 24.3 Å². The zero-order valence-electron chi connectivity index (χ0n) is 15.5. The van der Waals surface area contributed by atoms with Gasteiger partial charge in [0.05, 0.1) is 12.1 Å². The Balaban J connectivity index is 1.62. The van der Waals surface area contributed by atoms with E-state index in [0.717, 1.165) is 47.1 Å². The van der Waals surface area contributed by atoms with Crippen LogP contribution < -0.4 is 5.48 Å². The number of aromatic amines is 1. The molecule has 0 saturated heterocycles. The molecule has 0 spiro atoms. The fraction of sp³-hybridized carbons (Fsp3) is 0.238. The van der Waals surface area contributed by atoms with Crippen molar-refractivity contribution in [2.75, 3.05) is 19.7 Å². The van der Waals surface area contributed by atoms with Gasteiger partial charge < -0.3 is 10.1 Å². The number of hydrogen-bond acceptors (Lipinski definition) is 5. The molecule has 3 rings (SSSR count). The molecule has 2 aromatic heterocycles. The van der Waals surface area contributed by atoms with E-state index >= 15 is 0 Å². The van der Waals surface area contributed by atoms with E-state index in [2.05, 4.69) is 14.9 Å². The van der Waals surface area contributed by atoms with E-state index in [1.54, 1.807) is 11.6 Å². The molecule has 1 amide bonds. The van der Waals surface area contributed by atoms with Crippen molar-refractivity contribution < 1.29 is 15.1 Å². The second-order valence-electron chi connectivity index (χ2n) is 6.54. The van der Waals surface area contributed by atoms with E-state index in [0.29, 0.717) is 6.54 Å². The van der Waals surface area contributed by atoms with Crippen LogP contribution in [0.1, 0.15) is 16.7 Å². The number of nitrogens with one attached hydrogen (secondary N) is 2. The number of nitrogens with zero attached hydrogens (tertiary/aromatic N) is 2. The maximum atomic E-state index is 11.0. The number of aliphatic hydroxyl groups excluding tert-OH is 1. The highest BCUT2D eigenvalue weighted by molar-refractivity contribution is 5.90. The van der Waals surface area contributed by atoms with E-state index in [-0.39, 0.29) is 6.61 Å². The Kier molecular flexibility index (Phi) is 6.91. The van der Waals surface area contributed by atoms with Crippen LogP contribution in [-0.4, -0.2) is 50.8 Å². The standard InChI is InChI=1S/C21H24N4O3/c26-12-11-25(10-8-19-14-22-13-18-7-9-23-21(18)19)15-17-3-1-16(2-4-17)5-6-20(27)24-28/h1-7,9,13-14,23,26,28H,8,10-12,15H2,(H,24,27)/b6-5+. The molecule has 0 fully saturated rings. The van der Waals surface area contributed by atoms with Crippen molar-refractivity contribution in [2.45, 2.75) is 13.0 Å². The van der Waals surface area contributed by atoms with Crippen LogP contribution in [0.3, 0.4) is 0 Å². The van der Waals surface area contributed by atoms with E-state index in [1.807, 2.05) is 48.9 Å². The molecule has 0 bridgehead atoms. The van der Waals surface area contributed by atoms with Gasteiger partial charge in [-0.2, -0.15) is 0 Å². The lowest BCUT2D eigenvalue weighted by Crippen LogP contribution is -2.28. The monoisotopic (exact) mass is 380 g/mol. The lowest BCUT2D eigenvalue weighted by molar-refractivity contribution is -0.124. The van der Waals surface area contributed by atoms with Crippen LogP contribution in [0.5, 0.6) is 0 Å². The number of carbonyl (C=O) groups is 1. The molecule has 3 aromatic rings. The fourth-order valence-electron chi connectivity index (χ4n) is 3.12. The first-order valence-corrected chi connectivity index (χ1v) is 9.14. The molecular formula is C21H24N4O3. The van der Waals surface area contributed by atoms with Crippen LogP contribution in [0.4, 0.5) is 0 Å². The average Bonchev–Trinajstić information content (AvgIpc) is 3.21. The third kappa shape index (κ3) is 5.26. The van der Waals surface area contributed by atoms with Gasteiger partial charge in [0, 0.05) is 49.7 Å². The highest BCUT2D eigenvalue weighted by Gasteiger charge is 2.09. The van der Waals surface area contributed by atoms with Gasteiger partial charge in [0.1, 0.15) is 0 Å². The van der Waals surface area contributed by atoms with Crippen molar-refractivity contribution in [1.82, 2.24) is 20.3 Å². The molecule has 0 aliphatic carbocycles. The summed E-state index contributed by atoms with van der Waals surface area (Å²) in [5.41, 5.74) is 5.82. The lowest BCUT2D eigenvalue weighted by atomic mass is 10.1. The summed E-state index contributed by atoms with van der Waals surface area (Å²) in [6, 6.07) is 9.83. The Morgan fingerprint density at radius 2 is 2.00 bits per heavy atom. The molecule has 0 unspecified atom stereocenters. The van der Waals surface area contributed by atoms with Crippen molar-refractivity contribution in [3.8, 4) is 0 Å². The first kappa shape index (κ1) is 19.8. The van der Waals surface area contributed by atoms with Crippen molar-refractivity contribution in [2.24, 2.45) is 0 Å². The number of rotatable bonds is 9. The summed E-state index contributed by atoms with van der Waals surface area (Å²) >= 11 is 0. The number of hydroxylamine groups is 1. The van der Waals surface area contributed by atoms with Crippen LogP contribution in [-0.2, 0) is 17.8 Å². The van der Waals surface area contributed by atoms with Crippen LogP contribution in [0.2, 0.25) is 0 Å². The summed E-state index contributed by atoms with van der Waals surface area (Å²) in [6.45, 7) is 2.21. The minimum atomic E-state index is -0.565. The van der Waals surface area contributed by atoms with Gasteiger partial charge in [-0.25, -0.2) is 5.48 Å². The molecule has 0 radical (unpaired) electrons. The van der Waals surface area contributed by atoms with Gasteiger partial charge in [0.25, 0.3) is 5.91 Å². The molecule has 0 atom stereocenters. The largest absolute Gasteiger partial charge is 0.395 e. The Bertz CT molecular complexity index is 934. The summed E-state index contributed by atoms with van der Waals surface area (Å²) in [7, 11) is 0. The van der Waals surface area contributed by atoms with Gasteiger partial charge in [-0.05, 0) is 35.3 Å². The Labute approximate surface area is 163 Å². The highest BCUT2D eigenvalue weighted by Crippen LogP contribution is 2.17. The highest BCUT2D eigenvalue weighted by atomic mass is 16.5. The number of aromatic nitrogens is 2. The maximum Gasteiger partial charge on any atom is 0.267 e. The predicted molar refractivity (Wildman–Crippen MR) is 108 cm³/mol. The lowest BCUT2D eigenvalue weighted by Gasteiger charge is -2.21. The molecule has 0 saturated carbocycles. The smallest absolute Gasteiger partial charge is 0.267 e. The number of hydrogen-bond donors (Lipinski definition) is 4. The SMILES string of the molecule is O=C(/C=C/c1ccc(CN(CCO)CCc2cncc3cc[nH]c23)cc1)NO. The Morgan fingerprint density at radius 1 is 1.18 bits per heavy atom. The predicted octanol–water partition coefficient (Wildman–Crippen LogP) is 2.12. The number of pyridine rings is 1. The van der Waals surface area contributed by atoms with Crippen molar-refractivity contribution >= 4 is 22.9 Å². The topological polar surface area (TPSA) is 101 Å². The summed E-state index contributed by atoms with van der Waals surface area (Å²) < 4.78 is 0. The zero-order valence-corrected chi connectivity index (χ0v) is 15.5. The maximum absolute atomic E-state index is 11.0. The third-order valence-corrected chi connectivity index (χ3v) is 4.58. The van der Waals surface area contributed by atoms with Crippen molar-refractivity contribution in [3.05, 3.63) is 71.7 Å². The molecule has 2 heterocycles. The molecule has 146 valence electrons. The van der Waals surface area contributed by atoms with E-state index < -0.39 is 5.91 Å².